The van der Waals surface area contributed by atoms with Crippen LogP contribution in [0.2, 0.25) is 0 Å². The maximum Gasteiger partial charge on any atom is 0.272 e. The zero-order valence-corrected chi connectivity index (χ0v) is 17.6. The predicted molar refractivity (Wildman–Crippen MR) is 113 cm³/mol. The molecule has 2 heterocycles. The van der Waals surface area contributed by atoms with Crippen LogP contribution in [0, 0.1) is 0 Å². The van der Waals surface area contributed by atoms with Crippen molar-refractivity contribution in [2.24, 2.45) is 7.05 Å². The van der Waals surface area contributed by atoms with Crippen molar-refractivity contribution in [3.05, 3.63) is 53.9 Å². The van der Waals surface area contributed by atoms with Gasteiger partial charge in [0.05, 0.1) is 12.7 Å². The number of hydrogen-bond donors (Lipinski definition) is 0. The van der Waals surface area contributed by atoms with Crippen LogP contribution in [-0.2, 0) is 23.2 Å². The molecule has 2 aromatic rings. The Morgan fingerprint density at radius 1 is 1.10 bits per heavy atom. The average molecular weight is 411 g/mol. The number of carbonyl (C=O) groups is 2. The summed E-state index contributed by atoms with van der Waals surface area (Å²) in [5.74, 6) is -0.162. The van der Waals surface area contributed by atoms with Crippen molar-refractivity contribution in [3.8, 4) is 0 Å². The number of aryl methyl sites for hydroxylation is 1. The van der Waals surface area contributed by atoms with E-state index in [-0.39, 0.29) is 30.5 Å². The van der Waals surface area contributed by atoms with Crippen LogP contribution in [-0.4, -0.2) is 63.2 Å². The Hall–Kier alpha value is -2.67. The topological polar surface area (TPSA) is 67.7 Å². The van der Waals surface area contributed by atoms with E-state index in [1.165, 1.54) is 6.42 Å². The molecule has 1 aromatic carbocycles. The highest BCUT2D eigenvalue weighted by Crippen LogP contribution is 2.25. The highest BCUT2D eigenvalue weighted by Gasteiger charge is 2.35. The Labute approximate surface area is 177 Å². The van der Waals surface area contributed by atoms with Gasteiger partial charge in [0.2, 0.25) is 5.91 Å². The third-order valence-electron chi connectivity index (χ3n) is 6.14. The van der Waals surface area contributed by atoms with Gasteiger partial charge in [0.25, 0.3) is 5.91 Å². The first kappa shape index (κ1) is 20.6. The van der Waals surface area contributed by atoms with Crippen LogP contribution >= 0.6 is 0 Å². The molecule has 1 aliphatic heterocycles. The molecular formula is C23H30N4O3. The zero-order chi connectivity index (χ0) is 20.9. The van der Waals surface area contributed by atoms with Crippen molar-refractivity contribution in [2.45, 2.75) is 50.9 Å². The molecule has 30 heavy (non-hydrogen) atoms. The summed E-state index contributed by atoms with van der Waals surface area (Å²) in [5.41, 5.74) is 1.57. The van der Waals surface area contributed by atoms with Gasteiger partial charge in [-0.25, -0.2) is 0 Å². The van der Waals surface area contributed by atoms with Gasteiger partial charge < -0.3 is 14.5 Å². The minimum atomic E-state index is -0.226. The molecule has 1 saturated heterocycles. The average Bonchev–Trinajstić information content (AvgIpc) is 3.13. The Kier molecular flexibility index (Phi) is 6.47. The number of aromatic nitrogens is 2. The largest absolute Gasteiger partial charge is 0.370 e. The van der Waals surface area contributed by atoms with Gasteiger partial charge in [-0.2, -0.15) is 5.10 Å². The highest BCUT2D eigenvalue weighted by molar-refractivity contribution is 5.95. The summed E-state index contributed by atoms with van der Waals surface area (Å²) < 4.78 is 7.79. The van der Waals surface area contributed by atoms with Gasteiger partial charge in [0, 0.05) is 32.4 Å². The van der Waals surface area contributed by atoms with Crippen LogP contribution in [0.5, 0.6) is 0 Å². The van der Waals surface area contributed by atoms with Crippen LogP contribution in [0.25, 0.3) is 0 Å². The van der Waals surface area contributed by atoms with E-state index >= 15 is 0 Å². The smallest absolute Gasteiger partial charge is 0.272 e. The molecule has 7 nitrogen and oxygen atoms in total. The van der Waals surface area contributed by atoms with Crippen molar-refractivity contribution in [3.63, 3.8) is 0 Å². The molecule has 1 atom stereocenters. The molecule has 1 saturated carbocycles. The number of benzene rings is 1. The van der Waals surface area contributed by atoms with Crippen LogP contribution in [0.1, 0.15) is 48.2 Å². The number of nitrogens with zero attached hydrogens (tertiary/aromatic N) is 4. The van der Waals surface area contributed by atoms with Crippen LogP contribution in [0.4, 0.5) is 0 Å². The lowest BCUT2D eigenvalue weighted by Gasteiger charge is -2.34. The maximum atomic E-state index is 13.2. The minimum absolute atomic E-state index is 0.0169. The van der Waals surface area contributed by atoms with Gasteiger partial charge in [0.15, 0.2) is 0 Å². The standard InChI is InChI=1S/C23H30N4O3/c1-25-21(12-13-24-25)23(29)26-14-20(30-17-18-8-4-2-5-9-18)15-27(22(28)16-26)19-10-6-3-7-11-19/h2,4-5,8-9,12-13,19-20H,3,6-7,10-11,14-17H2,1H3. The summed E-state index contributed by atoms with van der Waals surface area (Å²) in [6.45, 7) is 1.48. The molecule has 0 bridgehead atoms. The third-order valence-corrected chi connectivity index (χ3v) is 6.14. The molecule has 7 heteroatoms. The second-order valence-electron chi connectivity index (χ2n) is 8.28. The molecule has 4 rings (SSSR count). The number of amides is 2. The summed E-state index contributed by atoms with van der Waals surface area (Å²) in [5, 5.41) is 4.10. The molecule has 1 aromatic heterocycles. The lowest BCUT2D eigenvalue weighted by atomic mass is 9.94. The molecular weight excluding hydrogens is 380 g/mol. The Balaban J connectivity index is 1.53. The molecule has 0 radical (unpaired) electrons. The lowest BCUT2D eigenvalue weighted by molar-refractivity contribution is -0.134. The van der Waals surface area contributed by atoms with Gasteiger partial charge in [0.1, 0.15) is 12.2 Å². The van der Waals surface area contributed by atoms with E-state index in [4.69, 9.17) is 4.74 Å². The lowest BCUT2D eigenvalue weighted by Crippen LogP contribution is -2.46. The van der Waals surface area contributed by atoms with Gasteiger partial charge >= 0.3 is 0 Å². The van der Waals surface area contributed by atoms with Gasteiger partial charge in [-0.3, -0.25) is 14.3 Å². The van der Waals surface area contributed by atoms with E-state index in [0.717, 1.165) is 31.2 Å². The number of rotatable bonds is 5. The van der Waals surface area contributed by atoms with E-state index in [0.29, 0.717) is 25.4 Å². The molecule has 160 valence electrons. The first-order valence-electron chi connectivity index (χ1n) is 10.8. The summed E-state index contributed by atoms with van der Waals surface area (Å²) in [6, 6.07) is 12.0. The molecule has 1 aliphatic carbocycles. The van der Waals surface area contributed by atoms with Crippen LogP contribution < -0.4 is 0 Å². The number of ether oxygens (including phenoxy) is 1. The zero-order valence-electron chi connectivity index (χ0n) is 17.6. The predicted octanol–water partition coefficient (Wildman–Crippen LogP) is 2.62. The van der Waals surface area contributed by atoms with E-state index in [2.05, 4.69) is 5.10 Å². The minimum Gasteiger partial charge on any atom is -0.370 e. The molecule has 1 unspecified atom stereocenters. The SMILES string of the molecule is Cn1nccc1C(=O)N1CC(=O)N(C2CCCCC2)CC(OCc2ccccc2)C1. The fourth-order valence-corrected chi connectivity index (χ4v) is 4.48. The fourth-order valence-electron chi connectivity index (χ4n) is 4.48. The summed E-state index contributed by atoms with van der Waals surface area (Å²) in [7, 11) is 1.74. The second kappa shape index (κ2) is 9.43. The number of carbonyl (C=O) groups excluding carboxylic acids is 2. The first-order valence-corrected chi connectivity index (χ1v) is 10.8. The Morgan fingerprint density at radius 3 is 2.57 bits per heavy atom. The third kappa shape index (κ3) is 4.73. The molecule has 0 spiro atoms. The van der Waals surface area contributed by atoms with Crippen molar-refractivity contribution < 1.29 is 14.3 Å². The second-order valence-corrected chi connectivity index (χ2v) is 8.28. The summed E-state index contributed by atoms with van der Waals surface area (Å²) in [4.78, 5) is 29.9. The molecule has 2 fully saturated rings. The van der Waals surface area contributed by atoms with E-state index in [9.17, 15) is 9.59 Å². The first-order chi connectivity index (χ1) is 14.6. The van der Waals surface area contributed by atoms with Crippen molar-refractivity contribution in [1.29, 1.82) is 0 Å². The maximum absolute atomic E-state index is 13.2. The Morgan fingerprint density at radius 2 is 1.87 bits per heavy atom. The number of hydrogen-bond acceptors (Lipinski definition) is 4. The summed E-state index contributed by atoms with van der Waals surface area (Å²) >= 11 is 0. The Bertz CT molecular complexity index is 860. The highest BCUT2D eigenvalue weighted by atomic mass is 16.5. The van der Waals surface area contributed by atoms with Crippen molar-refractivity contribution in [1.82, 2.24) is 19.6 Å². The van der Waals surface area contributed by atoms with Crippen LogP contribution in [0.15, 0.2) is 42.6 Å². The van der Waals surface area contributed by atoms with Crippen molar-refractivity contribution in [2.75, 3.05) is 19.6 Å². The van der Waals surface area contributed by atoms with Gasteiger partial charge in [-0.05, 0) is 24.5 Å². The molecule has 0 N–H and O–H groups in total. The van der Waals surface area contributed by atoms with Crippen molar-refractivity contribution >= 4 is 11.8 Å². The molecule has 2 aliphatic rings. The summed E-state index contributed by atoms with van der Waals surface area (Å²) in [6.07, 6.45) is 6.99. The van der Waals surface area contributed by atoms with Gasteiger partial charge in [-0.15, -0.1) is 0 Å². The van der Waals surface area contributed by atoms with E-state index < -0.39 is 0 Å². The van der Waals surface area contributed by atoms with E-state index in [1.54, 1.807) is 28.9 Å². The fraction of sp³-hybridized carbons (Fsp3) is 0.522. The van der Waals surface area contributed by atoms with Gasteiger partial charge in [-0.1, -0.05) is 49.6 Å². The van der Waals surface area contributed by atoms with Crippen LogP contribution in [0.3, 0.4) is 0 Å². The normalized spacial score (nSPS) is 21.0. The molecule has 2 amide bonds. The monoisotopic (exact) mass is 410 g/mol. The van der Waals surface area contributed by atoms with E-state index in [1.807, 2.05) is 35.2 Å². The quantitative estimate of drug-likeness (QED) is 0.760.